The molecule has 1 amide bonds. The first kappa shape index (κ1) is 22.4. The zero-order chi connectivity index (χ0) is 16.9. The van der Waals surface area contributed by atoms with Gasteiger partial charge in [-0.1, -0.05) is 13.8 Å². The van der Waals surface area contributed by atoms with E-state index in [0.29, 0.717) is 18.6 Å². The Kier molecular flexibility index (Phi) is 13.7. The molecule has 5 nitrogen and oxygen atoms in total. The van der Waals surface area contributed by atoms with Crippen molar-refractivity contribution < 1.29 is 22.7 Å². The molecule has 2 unspecified atom stereocenters. The topological polar surface area (TPSA) is 67.6 Å². The lowest BCUT2D eigenvalue weighted by molar-refractivity contribution is -0.324. The maximum absolute atomic E-state index is 11.7. The molecule has 0 aromatic carbocycles. The van der Waals surface area contributed by atoms with Gasteiger partial charge in [0.2, 0.25) is 6.41 Å². The predicted octanol–water partition coefficient (Wildman–Crippen LogP) is 1.72. The highest BCUT2D eigenvalue weighted by Gasteiger charge is 2.29. The van der Waals surface area contributed by atoms with Crippen LogP contribution in [0.15, 0.2) is 0 Å². The Hall–Kier alpha value is -0.860. The number of nitrogens with zero attached hydrogens (tertiary/aromatic N) is 1. The molecule has 0 aromatic rings. The molecule has 3 N–H and O–H groups in total. The number of ether oxygens (including phenoxy) is 1. The van der Waals surface area contributed by atoms with Crippen molar-refractivity contribution in [1.29, 1.82) is 0 Å². The number of nitrogens with one attached hydrogen (secondary N) is 1. The summed E-state index contributed by atoms with van der Waals surface area (Å²) in [4.78, 5) is 10.4. The van der Waals surface area contributed by atoms with Gasteiger partial charge >= 0.3 is 6.36 Å². The van der Waals surface area contributed by atoms with Crippen molar-refractivity contribution in [2.45, 2.75) is 52.1 Å². The first-order valence-electron chi connectivity index (χ1n) is 7.09. The van der Waals surface area contributed by atoms with Crippen molar-refractivity contribution in [3.05, 3.63) is 0 Å². The Morgan fingerprint density at radius 2 is 1.90 bits per heavy atom. The lowest BCUT2D eigenvalue weighted by Gasteiger charge is -2.21. The molecule has 0 spiro atoms. The summed E-state index contributed by atoms with van der Waals surface area (Å²) in [7, 11) is 1.81. The third kappa shape index (κ3) is 15.3. The van der Waals surface area contributed by atoms with Crippen molar-refractivity contribution in [2.24, 2.45) is 5.73 Å². The van der Waals surface area contributed by atoms with Gasteiger partial charge in [-0.15, -0.1) is 13.2 Å². The van der Waals surface area contributed by atoms with Crippen LogP contribution in [0.25, 0.3) is 0 Å². The van der Waals surface area contributed by atoms with Crippen molar-refractivity contribution >= 4 is 6.41 Å². The van der Waals surface area contributed by atoms with Gasteiger partial charge in [0.1, 0.15) is 0 Å². The minimum Gasteiger partial charge on any atom is -0.372 e. The fourth-order valence-electron chi connectivity index (χ4n) is 1.95. The molecule has 1 saturated heterocycles. The second kappa shape index (κ2) is 12.8. The van der Waals surface area contributed by atoms with Gasteiger partial charge in [-0.25, -0.2) is 0 Å². The highest BCUT2D eigenvalue weighted by Crippen LogP contribution is 2.16. The molecule has 0 saturated carbocycles. The molecule has 0 aliphatic carbocycles. The van der Waals surface area contributed by atoms with Crippen molar-refractivity contribution in [3.8, 4) is 0 Å². The molecular formula is C13H28F3N3O2. The Labute approximate surface area is 125 Å². The number of carbonyl (C=O) groups is 1. The number of nitrogens with two attached hydrogens (primary N) is 1. The van der Waals surface area contributed by atoms with E-state index in [1.165, 1.54) is 0 Å². The van der Waals surface area contributed by atoms with Crippen LogP contribution in [0.4, 0.5) is 13.2 Å². The molecule has 128 valence electrons. The second-order valence-corrected chi connectivity index (χ2v) is 4.53. The summed E-state index contributed by atoms with van der Waals surface area (Å²) in [6.45, 7) is 6.88. The Morgan fingerprint density at radius 3 is 2.29 bits per heavy atom. The first-order chi connectivity index (χ1) is 9.78. The number of carbonyl (C=O) groups excluding carboxylic acids is 1. The maximum Gasteiger partial charge on any atom is 0.522 e. The van der Waals surface area contributed by atoms with Crippen LogP contribution >= 0.6 is 0 Å². The molecule has 8 heteroatoms. The smallest absolute Gasteiger partial charge is 0.372 e. The molecule has 0 radical (unpaired) electrons. The average Bonchev–Trinajstić information content (AvgIpc) is 2.76. The quantitative estimate of drug-likeness (QED) is 0.758. The molecule has 1 rings (SSSR count). The summed E-state index contributed by atoms with van der Waals surface area (Å²) in [5.41, 5.74) is 4.17. The fraction of sp³-hybridized carbons (Fsp3) is 0.923. The predicted molar refractivity (Wildman–Crippen MR) is 76.7 cm³/mol. The van der Waals surface area contributed by atoms with Crippen LogP contribution in [-0.4, -0.2) is 56.5 Å². The van der Waals surface area contributed by atoms with E-state index in [9.17, 15) is 13.2 Å². The molecule has 2 atom stereocenters. The van der Waals surface area contributed by atoms with Crippen molar-refractivity contribution in [3.63, 3.8) is 0 Å². The van der Waals surface area contributed by atoms with Crippen LogP contribution in [-0.2, 0) is 9.53 Å². The van der Waals surface area contributed by atoms with E-state index < -0.39 is 6.36 Å². The van der Waals surface area contributed by atoms with E-state index in [1.807, 2.05) is 25.8 Å². The van der Waals surface area contributed by atoms with E-state index in [0.717, 1.165) is 19.4 Å². The second-order valence-electron chi connectivity index (χ2n) is 4.53. The summed E-state index contributed by atoms with van der Waals surface area (Å²) in [5.74, 6) is 0. The van der Waals surface area contributed by atoms with E-state index in [4.69, 9.17) is 4.79 Å². The van der Waals surface area contributed by atoms with Crippen molar-refractivity contribution in [2.75, 3.05) is 26.7 Å². The zero-order valence-electron chi connectivity index (χ0n) is 13.2. The molecule has 1 heterocycles. The maximum atomic E-state index is 11.7. The number of primary amides is 1. The number of hydrogen-bond acceptors (Lipinski definition) is 4. The molecular weight excluding hydrogens is 287 g/mol. The number of halogens is 3. The number of likely N-dealkylation sites (N-methyl/N-ethyl adjacent to an activating group) is 1. The summed E-state index contributed by atoms with van der Waals surface area (Å²) in [6, 6.07) is 0.913. The third-order valence-electron chi connectivity index (χ3n) is 2.74. The summed E-state index contributed by atoms with van der Waals surface area (Å²) in [5, 5.41) is 3.39. The van der Waals surface area contributed by atoms with Gasteiger partial charge in [-0.3, -0.25) is 9.53 Å². The summed E-state index contributed by atoms with van der Waals surface area (Å²) in [6.07, 6.45) is -2.04. The van der Waals surface area contributed by atoms with Gasteiger partial charge in [0.05, 0.1) is 6.61 Å². The van der Waals surface area contributed by atoms with Gasteiger partial charge in [0, 0.05) is 25.2 Å². The highest BCUT2D eigenvalue weighted by atomic mass is 19.4. The van der Waals surface area contributed by atoms with Crippen LogP contribution in [0.5, 0.6) is 0 Å². The molecule has 1 aliphatic heterocycles. The van der Waals surface area contributed by atoms with Crippen LogP contribution in [0, 0.1) is 0 Å². The summed E-state index contributed by atoms with van der Waals surface area (Å²) >= 11 is 0. The average molecular weight is 315 g/mol. The van der Waals surface area contributed by atoms with E-state index in [2.05, 4.69) is 22.7 Å². The zero-order valence-corrected chi connectivity index (χ0v) is 13.2. The van der Waals surface area contributed by atoms with Crippen LogP contribution < -0.4 is 11.1 Å². The number of hydrogen-bond donors (Lipinski definition) is 2. The Morgan fingerprint density at radius 1 is 1.38 bits per heavy atom. The summed E-state index contributed by atoms with van der Waals surface area (Å²) < 4.78 is 38.9. The number of rotatable bonds is 5. The fourth-order valence-corrected chi connectivity index (χ4v) is 1.95. The molecule has 1 aliphatic rings. The van der Waals surface area contributed by atoms with Gasteiger partial charge in [0.15, 0.2) is 0 Å². The normalized spacial score (nSPS) is 21.1. The molecule has 1 fully saturated rings. The van der Waals surface area contributed by atoms with Crippen LogP contribution in [0.3, 0.4) is 0 Å². The Bertz CT molecular complexity index is 253. The van der Waals surface area contributed by atoms with Gasteiger partial charge in [-0.05, 0) is 26.8 Å². The highest BCUT2D eigenvalue weighted by molar-refractivity contribution is 5.42. The van der Waals surface area contributed by atoms with E-state index in [-0.39, 0.29) is 13.0 Å². The SMILES string of the molecule is CC.CC1CCC(CN(C)CCOC(F)(F)F)N1.NC=O. The minimum absolute atomic E-state index is 0.250. The van der Waals surface area contributed by atoms with E-state index >= 15 is 0 Å². The third-order valence-corrected chi connectivity index (χ3v) is 2.74. The molecule has 21 heavy (non-hydrogen) atoms. The van der Waals surface area contributed by atoms with Crippen LogP contribution in [0.1, 0.15) is 33.6 Å². The first-order valence-corrected chi connectivity index (χ1v) is 7.09. The van der Waals surface area contributed by atoms with Gasteiger partial charge in [0.25, 0.3) is 0 Å². The van der Waals surface area contributed by atoms with Crippen molar-refractivity contribution in [1.82, 2.24) is 10.2 Å². The van der Waals surface area contributed by atoms with Gasteiger partial charge in [-0.2, -0.15) is 0 Å². The number of alkyl halides is 3. The standard InChI is InChI=1S/C10H19F3N2O.C2H6.CH3NO/c1-8-3-4-9(14-8)7-15(2)5-6-16-10(11,12)13;1-2;2-1-3/h8-9,14H,3-7H2,1-2H3;1-2H3;1H,(H2,2,3). The number of amides is 1. The Balaban J connectivity index is 0. The monoisotopic (exact) mass is 315 g/mol. The van der Waals surface area contributed by atoms with Crippen LogP contribution in [0.2, 0.25) is 0 Å². The molecule has 0 aromatic heterocycles. The minimum atomic E-state index is -4.51. The molecule has 0 bridgehead atoms. The van der Waals surface area contributed by atoms with Gasteiger partial charge < -0.3 is 16.0 Å². The largest absolute Gasteiger partial charge is 0.522 e. The lowest BCUT2D eigenvalue weighted by Crippen LogP contribution is -2.39. The lowest BCUT2D eigenvalue weighted by atomic mass is 10.2. The van der Waals surface area contributed by atoms with E-state index in [1.54, 1.807) is 0 Å².